The molecule has 1 atom stereocenters. The molecule has 6 heteroatoms. The summed E-state index contributed by atoms with van der Waals surface area (Å²) in [4.78, 5) is 14.3. The van der Waals surface area contributed by atoms with Crippen LogP contribution in [-0.2, 0) is 11.3 Å². The minimum atomic E-state index is -0.377. The molecular weight excluding hydrogens is 289 g/mol. The molecule has 0 radical (unpaired) electrons. The van der Waals surface area contributed by atoms with Crippen LogP contribution in [0.3, 0.4) is 0 Å². The van der Waals surface area contributed by atoms with Crippen molar-refractivity contribution in [2.24, 2.45) is 11.1 Å². The molecule has 1 unspecified atom stereocenters. The SMILES string of the molecule is CNC(=O)C1(C)CCN(Cc2ccc(F)cc2C(N)=S)C1. The fourth-order valence-corrected chi connectivity index (χ4v) is 3.03. The smallest absolute Gasteiger partial charge is 0.227 e. The van der Waals surface area contributed by atoms with E-state index in [2.05, 4.69) is 10.2 Å². The van der Waals surface area contributed by atoms with Gasteiger partial charge < -0.3 is 11.1 Å². The molecular formula is C15H20FN3OS. The third-order valence-corrected chi connectivity index (χ3v) is 4.28. The lowest BCUT2D eigenvalue weighted by Gasteiger charge is -2.23. The van der Waals surface area contributed by atoms with Gasteiger partial charge in [0.25, 0.3) is 0 Å². The first-order chi connectivity index (χ1) is 9.85. The van der Waals surface area contributed by atoms with Crippen LogP contribution in [0.1, 0.15) is 24.5 Å². The normalized spacial score (nSPS) is 22.2. The second kappa shape index (κ2) is 6.07. The number of nitrogens with one attached hydrogen (secondary N) is 1. The summed E-state index contributed by atoms with van der Waals surface area (Å²) in [6.45, 7) is 4.06. The second-order valence-corrected chi connectivity index (χ2v) is 6.21. The van der Waals surface area contributed by atoms with Crippen LogP contribution in [0.2, 0.25) is 0 Å². The second-order valence-electron chi connectivity index (χ2n) is 5.77. The Morgan fingerprint density at radius 1 is 1.57 bits per heavy atom. The van der Waals surface area contributed by atoms with E-state index < -0.39 is 0 Å². The standard InChI is InChI=1S/C15H20FN3OS/c1-15(14(20)18-2)5-6-19(9-15)8-10-3-4-11(16)7-12(10)13(17)21/h3-4,7H,5-6,8-9H2,1-2H3,(H2,17,21)(H,18,20). The number of thiocarbonyl (C=S) groups is 1. The molecule has 0 saturated carbocycles. The molecule has 1 fully saturated rings. The summed E-state index contributed by atoms with van der Waals surface area (Å²) in [6, 6.07) is 4.48. The summed E-state index contributed by atoms with van der Waals surface area (Å²) in [7, 11) is 1.65. The van der Waals surface area contributed by atoms with Crippen LogP contribution >= 0.6 is 12.2 Å². The Morgan fingerprint density at radius 3 is 2.90 bits per heavy atom. The van der Waals surface area contributed by atoms with Crippen molar-refractivity contribution < 1.29 is 9.18 Å². The van der Waals surface area contributed by atoms with Crippen molar-refractivity contribution in [2.75, 3.05) is 20.1 Å². The summed E-state index contributed by atoms with van der Waals surface area (Å²) in [5.74, 6) is -0.295. The van der Waals surface area contributed by atoms with E-state index >= 15 is 0 Å². The lowest BCUT2D eigenvalue weighted by atomic mass is 9.89. The van der Waals surface area contributed by atoms with E-state index in [1.54, 1.807) is 13.1 Å². The van der Waals surface area contributed by atoms with Gasteiger partial charge in [0, 0.05) is 25.7 Å². The zero-order valence-electron chi connectivity index (χ0n) is 12.3. The number of halogens is 1. The molecule has 4 nitrogen and oxygen atoms in total. The van der Waals surface area contributed by atoms with Crippen molar-refractivity contribution in [2.45, 2.75) is 19.9 Å². The first-order valence-corrected chi connectivity index (χ1v) is 7.29. The summed E-state index contributed by atoms with van der Waals surface area (Å²) in [5, 5.41) is 2.71. The van der Waals surface area contributed by atoms with Crippen LogP contribution in [0.5, 0.6) is 0 Å². The van der Waals surface area contributed by atoms with Crippen molar-refractivity contribution in [1.82, 2.24) is 10.2 Å². The third-order valence-electron chi connectivity index (χ3n) is 4.06. The number of nitrogens with two attached hydrogens (primary N) is 1. The highest BCUT2D eigenvalue weighted by Crippen LogP contribution is 2.31. The summed E-state index contributed by atoms with van der Waals surface area (Å²) in [6.07, 6.45) is 0.802. The van der Waals surface area contributed by atoms with Gasteiger partial charge in [-0.2, -0.15) is 0 Å². The van der Waals surface area contributed by atoms with Gasteiger partial charge >= 0.3 is 0 Å². The highest BCUT2D eigenvalue weighted by molar-refractivity contribution is 7.80. The van der Waals surface area contributed by atoms with Crippen molar-refractivity contribution in [3.63, 3.8) is 0 Å². The number of amides is 1. The molecule has 1 saturated heterocycles. The maximum absolute atomic E-state index is 13.3. The molecule has 1 aliphatic rings. The molecule has 1 amide bonds. The number of benzene rings is 1. The minimum absolute atomic E-state index is 0.0543. The van der Waals surface area contributed by atoms with Crippen LogP contribution in [0, 0.1) is 11.2 Å². The number of likely N-dealkylation sites (tertiary alicyclic amines) is 1. The van der Waals surface area contributed by atoms with Gasteiger partial charge in [0.05, 0.1) is 5.41 Å². The first kappa shape index (κ1) is 15.9. The van der Waals surface area contributed by atoms with E-state index in [0.29, 0.717) is 18.7 Å². The average Bonchev–Trinajstić information content (AvgIpc) is 2.82. The quantitative estimate of drug-likeness (QED) is 0.826. The van der Waals surface area contributed by atoms with E-state index in [9.17, 15) is 9.18 Å². The number of carbonyl (C=O) groups is 1. The van der Waals surface area contributed by atoms with Gasteiger partial charge in [-0.05, 0) is 37.6 Å². The maximum Gasteiger partial charge on any atom is 0.227 e. The largest absolute Gasteiger partial charge is 0.389 e. The van der Waals surface area contributed by atoms with Gasteiger partial charge in [-0.25, -0.2) is 4.39 Å². The van der Waals surface area contributed by atoms with Gasteiger partial charge in [-0.15, -0.1) is 0 Å². The van der Waals surface area contributed by atoms with Crippen molar-refractivity contribution >= 4 is 23.1 Å². The number of carbonyl (C=O) groups excluding carboxylic acids is 1. The average molecular weight is 309 g/mol. The molecule has 2 rings (SSSR count). The molecule has 114 valence electrons. The van der Waals surface area contributed by atoms with Crippen molar-refractivity contribution in [3.05, 3.63) is 35.1 Å². The van der Waals surface area contributed by atoms with Crippen LogP contribution in [0.4, 0.5) is 4.39 Å². The lowest BCUT2D eigenvalue weighted by molar-refractivity contribution is -0.129. The van der Waals surface area contributed by atoms with Crippen molar-refractivity contribution in [1.29, 1.82) is 0 Å². The number of hydrogen-bond acceptors (Lipinski definition) is 3. The van der Waals surface area contributed by atoms with Crippen LogP contribution < -0.4 is 11.1 Å². The topological polar surface area (TPSA) is 58.4 Å². The first-order valence-electron chi connectivity index (χ1n) is 6.88. The summed E-state index contributed by atoms with van der Waals surface area (Å²) >= 11 is 4.98. The fraction of sp³-hybridized carbons (Fsp3) is 0.467. The van der Waals surface area contributed by atoms with Crippen molar-refractivity contribution in [3.8, 4) is 0 Å². The number of nitrogens with zero attached hydrogens (tertiary/aromatic N) is 1. The van der Waals surface area contributed by atoms with E-state index in [4.69, 9.17) is 18.0 Å². The molecule has 0 spiro atoms. The zero-order valence-corrected chi connectivity index (χ0v) is 13.1. The van der Waals surface area contributed by atoms with Crippen LogP contribution in [-0.4, -0.2) is 35.9 Å². The van der Waals surface area contributed by atoms with Crippen LogP contribution in [0.25, 0.3) is 0 Å². The van der Waals surface area contributed by atoms with Gasteiger partial charge in [-0.1, -0.05) is 18.3 Å². The summed E-state index contributed by atoms with van der Waals surface area (Å²) in [5.41, 5.74) is 6.75. The predicted molar refractivity (Wildman–Crippen MR) is 84.4 cm³/mol. The molecule has 21 heavy (non-hydrogen) atoms. The van der Waals surface area contributed by atoms with Gasteiger partial charge in [0.15, 0.2) is 0 Å². The minimum Gasteiger partial charge on any atom is -0.389 e. The molecule has 1 heterocycles. The molecule has 1 aliphatic heterocycles. The number of rotatable bonds is 4. The lowest BCUT2D eigenvalue weighted by Crippen LogP contribution is -2.39. The molecule has 1 aromatic carbocycles. The van der Waals surface area contributed by atoms with Gasteiger partial charge in [0.2, 0.25) is 5.91 Å². The fourth-order valence-electron chi connectivity index (χ4n) is 2.84. The maximum atomic E-state index is 13.3. The Labute approximate surface area is 129 Å². The molecule has 0 bridgehead atoms. The van der Waals surface area contributed by atoms with Gasteiger partial charge in [-0.3, -0.25) is 9.69 Å². The Balaban J connectivity index is 2.14. The van der Waals surface area contributed by atoms with E-state index in [0.717, 1.165) is 18.5 Å². The number of hydrogen-bond donors (Lipinski definition) is 2. The van der Waals surface area contributed by atoms with E-state index in [1.807, 2.05) is 6.92 Å². The Morgan fingerprint density at radius 2 is 2.29 bits per heavy atom. The Bertz CT molecular complexity index is 578. The molecule has 0 aromatic heterocycles. The third kappa shape index (κ3) is 3.39. The molecule has 1 aromatic rings. The highest BCUT2D eigenvalue weighted by atomic mass is 32.1. The van der Waals surface area contributed by atoms with Gasteiger partial charge in [0.1, 0.15) is 10.8 Å². The molecule has 3 N–H and O–H groups in total. The van der Waals surface area contributed by atoms with E-state index in [-0.39, 0.29) is 22.1 Å². The van der Waals surface area contributed by atoms with E-state index in [1.165, 1.54) is 12.1 Å². The molecule has 0 aliphatic carbocycles. The van der Waals surface area contributed by atoms with Crippen LogP contribution in [0.15, 0.2) is 18.2 Å². The highest BCUT2D eigenvalue weighted by Gasteiger charge is 2.39. The summed E-state index contributed by atoms with van der Waals surface area (Å²) < 4.78 is 13.3. The Kier molecular flexibility index (Phi) is 4.58. The predicted octanol–water partition coefficient (Wildman–Crippen LogP) is 1.42. The Hall–Kier alpha value is -1.53. The monoisotopic (exact) mass is 309 g/mol. The zero-order chi connectivity index (χ0) is 15.6.